The Kier molecular flexibility index (Phi) is 8.73. The van der Waals surface area contributed by atoms with E-state index in [1.165, 1.54) is 13.2 Å². The second-order valence-electron chi connectivity index (χ2n) is 7.62. The maximum Gasteiger partial charge on any atom is 0.417 e. The van der Waals surface area contributed by atoms with Gasteiger partial charge in [-0.05, 0) is 35.9 Å². The molecule has 2 atom stereocenters. The molecule has 1 heterocycles. The van der Waals surface area contributed by atoms with Gasteiger partial charge in [-0.3, -0.25) is 14.4 Å². The van der Waals surface area contributed by atoms with Crippen LogP contribution in [0.15, 0.2) is 53.1 Å². The number of hydrogen-bond acceptors (Lipinski definition) is 7. The number of nitriles is 1. The van der Waals surface area contributed by atoms with E-state index >= 15 is 0 Å². The molecule has 3 rings (SSSR count). The minimum atomic E-state index is -4.71. The number of benzene rings is 2. The Morgan fingerprint density at radius 2 is 1.86 bits per heavy atom. The zero-order chi connectivity index (χ0) is 27.3. The van der Waals surface area contributed by atoms with Gasteiger partial charge in [-0.1, -0.05) is 35.5 Å². The highest BCUT2D eigenvalue weighted by atomic mass is 35.5. The number of esters is 1. The first-order chi connectivity index (χ1) is 17.5. The van der Waals surface area contributed by atoms with Crippen LogP contribution in [-0.2, 0) is 25.3 Å². The second kappa shape index (κ2) is 11.6. The lowest BCUT2D eigenvalue weighted by Crippen LogP contribution is -2.44. The number of thioether (sulfide) groups is 1. The topological polar surface area (TPSA) is 118 Å². The molecule has 8 nitrogen and oxygen atoms in total. The molecule has 0 aromatic heterocycles. The lowest BCUT2D eigenvalue weighted by molar-refractivity contribution is -0.150. The van der Waals surface area contributed by atoms with Crippen LogP contribution in [0.4, 0.5) is 18.9 Å². The Morgan fingerprint density at radius 3 is 2.43 bits per heavy atom. The molecular formula is C24H19ClF3N3O5S. The lowest BCUT2D eigenvalue weighted by Gasteiger charge is -2.31. The fraction of sp³-hybridized carbons (Fsp3) is 0.250. The zero-order valence-electron chi connectivity index (χ0n) is 19.3. The van der Waals surface area contributed by atoms with Crippen molar-refractivity contribution in [2.75, 3.05) is 25.3 Å². The van der Waals surface area contributed by atoms with Crippen molar-refractivity contribution in [3.8, 4) is 11.8 Å². The minimum absolute atomic E-state index is 0.0174. The summed E-state index contributed by atoms with van der Waals surface area (Å²) in [4.78, 5) is 37.8. The van der Waals surface area contributed by atoms with E-state index in [1.54, 1.807) is 24.3 Å². The van der Waals surface area contributed by atoms with Crippen molar-refractivity contribution in [3.05, 3.63) is 69.2 Å². The van der Waals surface area contributed by atoms with E-state index in [-0.39, 0.29) is 22.0 Å². The minimum Gasteiger partial charge on any atom is -0.497 e. The Balaban J connectivity index is 1.87. The molecule has 0 bridgehead atoms. The van der Waals surface area contributed by atoms with Crippen LogP contribution in [0.2, 0.25) is 5.02 Å². The van der Waals surface area contributed by atoms with Gasteiger partial charge < -0.3 is 20.1 Å². The summed E-state index contributed by atoms with van der Waals surface area (Å²) in [6.45, 7) is 0. The Bertz CT molecular complexity index is 1290. The number of carbonyl (C=O) groups is 3. The third-order valence-corrected chi connectivity index (χ3v) is 6.71. The lowest BCUT2D eigenvalue weighted by atomic mass is 9.78. The molecule has 0 unspecified atom stereocenters. The summed E-state index contributed by atoms with van der Waals surface area (Å²) in [5.41, 5.74) is -0.758. The van der Waals surface area contributed by atoms with Crippen molar-refractivity contribution in [1.29, 1.82) is 5.26 Å². The van der Waals surface area contributed by atoms with Crippen LogP contribution in [-0.4, -0.2) is 37.8 Å². The highest BCUT2D eigenvalue weighted by Crippen LogP contribution is 2.41. The van der Waals surface area contributed by atoms with E-state index < -0.39 is 46.4 Å². The van der Waals surface area contributed by atoms with E-state index in [4.69, 9.17) is 21.1 Å². The number of alkyl halides is 3. The monoisotopic (exact) mass is 553 g/mol. The van der Waals surface area contributed by atoms with E-state index in [0.29, 0.717) is 17.4 Å². The number of hydrogen-bond donors (Lipinski definition) is 2. The van der Waals surface area contributed by atoms with Crippen LogP contribution in [0.5, 0.6) is 5.75 Å². The van der Waals surface area contributed by atoms with Gasteiger partial charge in [-0.15, -0.1) is 0 Å². The zero-order valence-corrected chi connectivity index (χ0v) is 20.9. The Hall–Kier alpha value is -3.69. The maximum atomic E-state index is 13.1. The smallest absolute Gasteiger partial charge is 0.417 e. The van der Waals surface area contributed by atoms with Gasteiger partial charge in [0, 0.05) is 11.6 Å². The molecule has 37 heavy (non-hydrogen) atoms. The number of ether oxygens (including phenoxy) is 2. The SMILES string of the molecule is COC(=O)[C@@H]1C(=O)NC(SCC(=O)Nc2ccc(Cl)c(C(F)(F)F)c2)=C(C#N)[C@H]1c1ccc(OC)cc1. The first kappa shape index (κ1) is 27.9. The number of anilines is 1. The van der Waals surface area contributed by atoms with Crippen LogP contribution in [0.25, 0.3) is 0 Å². The summed E-state index contributed by atoms with van der Waals surface area (Å²) < 4.78 is 49.2. The molecule has 0 aliphatic carbocycles. The Morgan fingerprint density at radius 1 is 1.19 bits per heavy atom. The fourth-order valence-corrected chi connectivity index (χ4v) is 4.72. The number of allylic oxidation sites excluding steroid dienone is 1. The first-order valence-electron chi connectivity index (χ1n) is 10.5. The molecule has 0 spiro atoms. The first-order valence-corrected chi connectivity index (χ1v) is 11.8. The van der Waals surface area contributed by atoms with Crippen molar-refractivity contribution >= 4 is 46.8 Å². The van der Waals surface area contributed by atoms with Crippen molar-refractivity contribution in [1.82, 2.24) is 5.32 Å². The van der Waals surface area contributed by atoms with Gasteiger partial charge in [0.2, 0.25) is 11.8 Å². The molecular weight excluding hydrogens is 535 g/mol. The van der Waals surface area contributed by atoms with Crippen LogP contribution in [0.1, 0.15) is 17.0 Å². The maximum absolute atomic E-state index is 13.1. The molecule has 0 saturated carbocycles. The molecule has 13 heteroatoms. The highest BCUT2D eigenvalue weighted by molar-refractivity contribution is 8.03. The largest absolute Gasteiger partial charge is 0.497 e. The predicted octanol–water partition coefficient (Wildman–Crippen LogP) is 4.48. The Labute approximate surface area is 218 Å². The van der Waals surface area contributed by atoms with Crippen molar-refractivity contribution in [3.63, 3.8) is 0 Å². The van der Waals surface area contributed by atoms with Crippen molar-refractivity contribution < 1.29 is 37.0 Å². The third kappa shape index (κ3) is 6.36. The molecule has 0 saturated heterocycles. The van der Waals surface area contributed by atoms with E-state index in [0.717, 1.165) is 24.9 Å². The normalized spacial score (nSPS) is 17.5. The molecule has 0 fully saturated rings. The average molecular weight is 554 g/mol. The number of rotatable bonds is 7. The second-order valence-corrected chi connectivity index (χ2v) is 9.02. The van der Waals surface area contributed by atoms with Gasteiger partial charge in [0.05, 0.1) is 47.2 Å². The molecule has 1 aliphatic heterocycles. The van der Waals surface area contributed by atoms with Gasteiger partial charge >= 0.3 is 12.1 Å². The molecule has 2 aromatic rings. The van der Waals surface area contributed by atoms with Crippen molar-refractivity contribution in [2.24, 2.45) is 5.92 Å². The summed E-state index contributed by atoms with van der Waals surface area (Å²) >= 11 is 6.39. The summed E-state index contributed by atoms with van der Waals surface area (Å²) in [5, 5.41) is 14.2. The average Bonchev–Trinajstić information content (AvgIpc) is 2.87. The summed E-state index contributed by atoms with van der Waals surface area (Å²) in [6, 6.07) is 11.3. The van der Waals surface area contributed by atoms with E-state index in [9.17, 15) is 32.8 Å². The van der Waals surface area contributed by atoms with E-state index in [2.05, 4.69) is 10.6 Å². The van der Waals surface area contributed by atoms with Gasteiger partial charge in [0.25, 0.3) is 0 Å². The summed E-state index contributed by atoms with van der Waals surface area (Å²) in [5.74, 6) is -4.49. The standard InChI is InChI=1S/C24H19ClF3N3O5S/c1-35-14-6-3-12(4-7-14)19-15(10-29)22(31-21(33)20(19)23(34)36-2)37-11-18(32)30-13-5-8-17(25)16(9-13)24(26,27)28/h3-9,19-20H,11H2,1-2H3,(H,30,32)(H,31,33)/t19-,20+/m1/s1. The number of amides is 2. The summed E-state index contributed by atoms with van der Waals surface area (Å²) in [7, 11) is 2.58. The number of halogens is 4. The molecule has 194 valence electrons. The number of nitrogens with zero attached hydrogens (tertiary/aromatic N) is 1. The molecule has 2 N–H and O–H groups in total. The quantitative estimate of drug-likeness (QED) is 0.383. The third-order valence-electron chi connectivity index (χ3n) is 5.36. The van der Waals surface area contributed by atoms with Crippen LogP contribution in [0.3, 0.4) is 0 Å². The van der Waals surface area contributed by atoms with Gasteiger partial charge in [-0.25, -0.2) is 0 Å². The predicted molar refractivity (Wildman–Crippen MR) is 130 cm³/mol. The molecule has 1 aliphatic rings. The summed E-state index contributed by atoms with van der Waals surface area (Å²) in [6.07, 6.45) is -4.71. The van der Waals surface area contributed by atoms with Gasteiger partial charge in [-0.2, -0.15) is 18.4 Å². The van der Waals surface area contributed by atoms with Crippen LogP contribution >= 0.6 is 23.4 Å². The number of nitrogens with one attached hydrogen (secondary N) is 2. The van der Waals surface area contributed by atoms with Crippen molar-refractivity contribution in [2.45, 2.75) is 12.1 Å². The highest BCUT2D eigenvalue weighted by Gasteiger charge is 2.44. The fourth-order valence-electron chi connectivity index (χ4n) is 3.65. The molecule has 2 amide bonds. The molecule has 0 radical (unpaired) electrons. The molecule has 2 aromatic carbocycles. The van der Waals surface area contributed by atoms with E-state index in [1.807, 2.05) is 6.07 Å². The number of methoxy groups -OCH3 is 2. The van der Waals surface area contributed by atoms with Crippen LogP contribution < -0.4 is 15.4 Å². The van der Waals surface area contributed by atoms with Gasteiger partial charge in [0.15, 0.2) is 0 Å². The van der Waals surface area contributed by atoms with Crippen LogP contribution in [0, 0.1) is 17.2 Å². The van der Waals surface area contributed by atoms with Gasteiger partial charge in [0.1, 0.15) is 11.7 Å². The number of carbonyl (C=O) groups excluding carboxylic acids is 3.